The van der Waals surface area contributed by atoms with Crippen LogP contribution in [0.2, 0.25) is 0 Å². The number of anilines is 1. The zero-order chi connectivity index (χ0) is 21.3. The number of hydrogen-bond acceptors (Lipinski definition) is 8. The first-order chi connectivity index (χ1) is 14.5. The molecular formula is C20H16N4O4S2. The van der Waals surface area contributed by atoms with Gasteiger partial charge in [0.1, 0.15) is 12.2 Å². The molecule has 3 aromatic heterocycles. The minimum atomic E-state index is -0.461. The molecule has 0 spiro atoms. The predicted molar refractivity (Wildman–Crippen MR) is 116 cm³/mol. The molecule has 0 bridgehead atoms. The summed E-state index contributed by atoms with van der Waals surface area (Å²) in [5.41, 5.74) is 1.40. The molecule has 1 amide bonds. The fraction of sp³-hybridized carbons (Fsp3) is 0.150. The highest BCUT2D eigenvalue weighted by Crippen LogP contribution is 2.31. The van der Waals surface area contributed by atoms with Crippen molar-refractivity contribution in [3.63, 3.8) is 0 Å². The molecule has 1 N–H and O–H groups in total. The van der Waals surface area contributed by atoms with Crippen LogP contribution in [0, 0.1) is 6.92 Å². The molecule has 0 aliphatic carbocycles. The van der Waals surface area contributed by atoms with E-state index in [-0.39, 0.29) is 6.54 Å². The minimum absolute atomic E-state index is 0.261. The maximum absolute atomic E-state index is 12.8. The number of thiophene rings is 1. The summed E-state index contributed by atoms with van der Waals surface area (Å²) >= 11 is 2.91. The summed E-state index contributed by atoms with van der Waals surface area (Å²) < 4.78 is 6.50. The first kappa shape index (κ1) is 19.9. The summed E-state index contributed by atoms with van der Waals surface area (Å²) in [6.07, 6.45) is 0. The Hall–Kier alpha value is -3.37. The van der Waals surface area contributed by atoms with E-state index in [9.17, 15) is 14.4 Å². The topological polar surface area (TPSA) is 103 Å². The fourth-order valence-corrected chi connectivity index (χ4v) is 4.58. The highest BCUT2D eigenvalue weighted by molar-refractivity contribution is 7.20. The summed E-state index contributed by atoms with van der Waals surface area (Å²) in [4.78, 5) is 42.1. The van der Waals surface area contributed by atoms with Crippen LogP contribution in [0.4, 0.5) is 5.69 Å². The van der Waals surface area contributed by atoms with Crippen molar-refractivity contribution in [3.8, 4) is 10.6 Å². The molecule has 0 aliphatic rings. The molecule has 0 radical (unpaired) electrons. The lowest BCUT2D eigenvalue weighted by Gasteiger charge is -2.09. The van der Waals surface area contributed by atoms with Gasteiger partial charge in [0, 0.05) is 5.69 Å². The number of benzene rings is 1. The number of ether oxygens (including phenoxy) is 1. The third-order valence-corrected chi connectivity index (χ3v) is 6.10. The van der Waals surface area contributed by atoms with Crippen LogP contribution in [0.25, 0.3) is 20.8 Å². The zero-order valence-corrected chi connectivity index (χ0v) is 17.7. The fourth-order valence-electron chi connectivity index (χ4n) is 2.89. The average Bonchev–Trinajstić information content (AvgIpc) is 3.40. The van der Waals surface area contributed by atoms with E-state index in [4.69, 9.17) is 0 Å². The van der Waals surface area contributed by atoms with Crippen molar-refractivity contribution in [2.75, 3.05) is 12.4 Å². The Balaban J connectivity index is 1.62. The number of hydrogen-bond donors (Lipinski definition) is 1. The number of amides is 1. The van der Waals surface area contributed by atoms with Crippen molar-refractivity contribution in [1.29, 1.82) is 0 Å². The van der Waals surface area contributed by atoms with E-state index in [2.05, 4.69) is 20.1 Å². The number of nitrogens with zero attached hydrogens (tertiary/aromatic N) is 3. The van der Waals surface area contributed by atoms with E-state index in [1.54, 1.807) is 24.3 Å². The Bertz CT molecular complexity index is 1290. The standard InChI is InChI=1S/C20H16N4O4S2/c1-11-21-17-18(30-11)16(14-4-3-9-29-14)23-24(19(17)26)10-15(25)22-13-7-5-12(6-8-13)20(27)28-2/h3-9H,10H2,1-2H3,(H,22,25). The van der Waals surface area contributed by atoms with E-state index >= 15 is 0 Å². The van der Waals surface area contributed by atoms with Crippen LogP contribution in [0.1, 0.15) is 15.4 Å². The average molecular weight is 441 g/mol. The number of carbonyl (C=O) groups excluding carboxylic acids is 2. The van der Waals surface area contributed by atoms with Crippen LogP contribution in [0.5, 0.6) is 0 Å². The molecule has 10 heteroatoms. The molecular weight excluding hydrogens is 424 g/mol. The van der Waals surface area contributed by atoms with Crippen LogP contribution < -0.4 is 10.9 Å². The minimum Gasteiger partial charge on any atom is -0.465 e. The van der Waals surface area contributed by atoms with Gasteiger partial charge in [-0.25, -0.2) is 14.5 Å². The normalized spacial score (nSPS) is 10.9. The van der Waals surface area contributed by atoms with Crippen LogP contribution in [-0.4, -0.2) is 33.8 Å². The van der Waals surface area contributed by atoms with Gasteiger partial charge in [0.25, 0.3) is 5.56 Å². The Labute approximate surface area is 178 Å². The molecule has 0 unspecified atom stereocenters. The third-order valence-electron chi connectivity index (χ3n) is 4.24. The van der Waals surface area contributed by atoms with Gasteiger partial charge < -0.3 is 10.1 Å². The first-order valence-electron chi connectivity index (χ1n) is 8.86. The Kier molecular flexibility index (Phi) is 5.42. The van der Waals surface area contributed by atoms with E-state index in [0.29, 0.717) is 22.5 Å². The molecule has 0 aliphatic heterocycles. The number of fused-ring (bicyclic) bond motifs is 1. The first-order valence-corrected chi connectivity index (χ1v) is 10.6. The van der Waals surface area contributed by atoms with Gasteiger partial charge in [0.2, 0.25) is 5.91 Å². The Morgan fingerprint density at radius 1 is 1.20 bits per heavy atom. The lowest BCUT2D eigenvalue weighted by Crippen LogP contribution is -2.30. The molecule has 152 valence electrons. The van der Waals surface area contributed by atoms with Gasteiger partial charge >= 0.3 is 5.97 Å². The summed E-state index contributed by atoms with van der Waals surface area (Å²) in [5, 5.41) is 9.84. The van der Waals surface area contributed by atoms with Gasteiger partial charge in [-0.2, -0.15) is 5.10 Å². The van der Waals surface area contributed by atoms with Crippen molar-refractivity contribution >= 4 is 50.5 Å². The summed E-state index contributed by atoms with van der Waals surface area (Å²) in [7, 11) is 1.30. The van der Waals surface area contributed by atoms with Gasteiger partial charge in [-0.05, 0) is 42.6 Å². The Morgan fingerprint density at radius 3 is 2.63 bits per heavy atom. The van der Waals surface area contributed by atoms with Gasteiger partial charge in [-0.15, -0.1) is 22.7 Å². The molecule has 0 atom stereocenters. The maximum Gasteiger partial charge on any atom is 0.337 e. The molecule has 0 saturated heterocycles. The van der Waals surface area contributed by atoms with Crippen LogP contribution in [-0.2, 0) is 16.1 Å². The predicted octanol–water partition coefficient (Wildman–Crippen LogP) is 3.32. The number of aryl methyl sites for hydroxylation is 1. The monoisotopic (exact) mass is 440 g/mol. The van der Waals surface area contributed by atoms with E-state index in [0.717, 1.165) is 19.3 Å². The SMILES string of the molecule is COC(=O)c1ccc(NC(=O)Cn2nc(-c3cccs3)c3sc(C)nc3c2=O)cc1. The molecule has 4 rings (SSSR count). The van der Waals surface area contributed by atoms with Crippen LogP contribution in [0.15, 0.2) is 46.6 Å². The smallest absolute Gasteiger partial charge is 0.337 e. The van der Waals surface area contributed by atoms with Crippen molar-refractivity contribution in [2.45, 2.75) is 13.5 Å². The number of esters is 1. The van der Waals surface area contributed by atoms with Crippen LogP contribution in [0.3, 0.4) is 0 Å². The second kappa shape index (κ2) is 8.17. The van der Waals surface area contributed by atoms with Crippen molar-refractivity contribution in [3.05, 3.63) is 62.7 Å². The molecule has 1 aromatic carbocycles. The number of rotatable bonds is 5. The second-order valence-corrected chi connectivity index (χ2v) is 8.47. The van der Waals surface area contributed by atoms with Gasteiger partial charge in [-0.3, -0.25) is 9.59 Å². The summed E-state index contributed by atoms with van der Waals surface area (Å²) in [5.74, 6) is -0.879. The zero-order valence-electron chi connectivity index (χ0n) is 16.0. The summed E-state index contributed by atoms with van der Waals surface area (Å²) in [6, 6.07) is 10.1. The van der Waals surface area contributed by atoms with E-state index in [1.165, 1.54) is 29.8 Å². The molecule has 0 saturated carbocycles. The molecule has 3 heterocycles. The maximum atomic E-state index is 12.8. The van der Waals surface area contributed by atoms with Gasteiger partial charge in [0.15, 0.2) is 5.52 Å². The van der Waals surface area contributed by atoms with Crippen molar-refractivity contribution < 1.29 is 14.3 Å². The number of methoxy groups -OCH3 is 1. The van der Waals surface area contributed by atoms with Crippen molar-refractivity contribution in [2.24, 2.45) is 0 Å². The molecule has 4 aromatic rings. The second-order valence-electron chi connectivity index (χ2n) is 6.32. The molecule has 30 heavy (non-hydrogen) atoms. The number of carbonyl (C=O) groups is 2. The van der Waals surface area contributed by atoms with Crippen LogP contribution >= 0.6 is 22.7 Å². The van der Waals surface area contributed by atoms with Gasteiger partial charge in [0.05, 0.1) is 27.3 Å². The highest BCUT2D eigenvalue weighted by Gasteiger charge is 2.18. The van der Waals surface area contributed by atoms with E-state index in [1.807, 2.05) is 24.4 Å². The largest absolute Gasteiger partial charge is 0.465 e. The lowest BCUT2D eigenvalue weighted by molar-refractivity contribution is -0.117. The third kappa shape index (κ3) is 3.87. The molecule has 0 fully saturated rings. The number of nitrogens with one attached hydrogen (secondary N) is 1. The van der Waals surface area contributed by atoms with Crippen molar-refractivity contribution in [1.82, 2.24) is 14.8 Å². The highest BCUT2D eigenvalue weighted by atomic mass is 32.1. The number of thiazole rings is 1. The molecule has 8 nitrogen and oxygen atoms in total. The summed E-state index contributed by atoms with van der Waals surface area (Å²) in [6.45, 7) is 1.57. The quantitative estimate of drug-likeness (QED) is 0.478. The van der Waals surface area contributed by atoms with E-state index < -0.39 is 17.4 Å². The van der Waals surface area contributed by atoms with Gasteiger partial charge in [-0.1, -0.05) is 6.07 Å². The number of aromatic nitrogens is 3. The Morgan fingerprint density at radius 2 is 1.97 bits per heavy atom. The lowest BCUT2D eigenvalue weighted by atomic mass is 10.2.